The first-order chi connectivity index (χ1) is 18.1. The number of nitrogens with one attached hydrogen (secondary N) is 3. The monoisotopic (exact) mass is 504 g/mol. The third-order valence-electron chi connectivity index (χ3n) is 7.56. The van der Waals surface area contributed by atoms with Crippen LogP contribution in [0.5, 0.6) is 0 Å². The van der Waals surface area contributed by atoms with Crippen molar-refractivity contribution in [3.8, 4) is 6.07 Å². The number of aryl methyl sites for hydroxylation is 1. The Morgan fingerprint density at radius 1 is 1.30 bits per heavy atom. The molecule has 0 bridgehead atoms. The maximum absolute atomic E-state index is 11.8. The predicted molar refractivity (Wildman–Crippen MR) is 143 cm³/mol. The topological polar surface area (TPSA) is 118 Å². The van der Waals surface area contributed by atoms with E-state index in [4.69, 9.17) is 4.74 Å². The van der Waals surface area contributed by atoms with E-state index in [-0.39, 0.29) is 12.0 Å². The molecule has 2 aromatic rings. The summed E-state index contributed by atoms with van der Waals surface area (Å²) in [6, 6.07) is 9.13. The van der Waals surface area contributed by atoms with E-state index in [1.54, 1.807) is 6.20 Å². The largest absolute Gasteiger partial charge is 0.463 e. The van der Waals surface area contributed by atoms with Crippen molar-refractivity contribution in [1.82, 2.24) is 20.2 Å². The molecule has 1 aromatic heterocycles. The van der Waals surface area contributed by atoms with Gasteiger partial charge in [-0.25, -0.2) is 4.98 Å². The maximum atomic E-state index is 11.8. The first-order valence-electron chi connectivity index (χ1n) is 13.4. The molecular formula is C27H36N8O2. The van der Waals surface area contributed by atoms with Gasteiger partial charge in [0, 0.05) is 50.1 Å². The lowest BCUT2D eigenvalue weighted by molar-refractivity contribution is -0.149. The number of hydrogen-bond acceptors (Lipinski definition) is 10. The number of carbonyl (C=O) groups excluding carboxylic acids is 1. The Kier molecular flexibility index (Phi) is 8.02. The number of nitriles is 1. The molecule has 3 N–H and O–H groups in total. The molecule has 4 heterocycles. The summed E-state index contributed by atoms with van der Waals surface area (Å²) < 4.78 is 5.09. The van der Waals surface area contributed by atoms with Gasteiger partial charge in [0.25, 0.3) is 0 Å². The number of ether oxygens (including phenoxy) is 1. The lowest BCUT2D eigenvalue weighted by Crippen LogP contribution is -2.50. The maximum Gasteiger partial charge on any atom is 0.323 e. The van der Waals surface area contributed by atoms with Crippen LogP contribution in [0.25, 0.3) is 0 Å². The Bertz CT molecular complexity index is 1150. The Morgan fingerprint density at radius 3 is 3.05 bits per heavy atom. The average molecular weight is 505 g/mol. The first-order valence-corrected chi connectivity index (χ1v) is 13.4. The lowest BCUT2D eigenvalue weighted by Gasteiger charge is -2.39. The number of cyclic esters (lactones) is 1. The number of anilines is 4. The van der Waals surface area contributed by atoms with Crippen molar-refractivity contribution in [1.29, 1.82) is 5.26 Å². The Morgan fingerprint density at radius 2 is 2.22 bits per heavy atom. The summed E-state index contributed by atoms with van der Waals surface area (Å²) in [6.45, 7) is 8.40. The molecule has 0 radical (unpaired) electrons. The van der Waals surface area contributed by atoms with Crippen LogP contribution in [0.2, 0.25) is 0 Å². The molecule has 1 aromatic carbocycles. The first kappa shape index (κ1) is 25.2. The molecule has 0 spiro atoms. The number of piperazine rings is 1. The van der Waals surface area contributed by atoms with E-state index < -0.39 is 0 Å². The number of nitrogens with zero attached hydrogens (tertiary/aromatic N) is 5. The summed E-state index contributed by atoms with van der Waals surface area (Å²) in [5.41, 5.74) is 3.84. The van der Waals surface area contributed by atoms with Gasteiger partial charge in [0.2, 0.25) is 5.95 Å². The molecular weight excluding hydrogens is 468 g/mol. The molecule has 0 unspecified atom stereocenters. The zero-order valence-corrected chi connectivity index (χ0v) is 21.5. The second-order valence-electron chi connectivity index (χ2n) is 9.91. The number of rotatable bonds is 9. The van der Waals surface area contributed by atoms with Gasteiger partial charge >= 0.3 is 5.97 Å². The third-order valence-corrected chi connectivity index (χ3v) is 7.56. The fraction of sp³-hybridized carbons (Fsp3) is 0.556. The van der Waals surface area contributed by atoms with Gasteiger partial charge in [-0.05, 0) is 62.4 Å². The SMILES string of the molecule is CCc1cc(N2CCN3CCC[C@@H]3C2)ccc1Nc1ncc(C#N)c(NCCC[C@H]2NCCOC2=O)n1. The summed E-state index contributed by atoms with van der Waals surface area (Å²) in [5, 5.41) is 19.3. The van der Waals surface area contributed by atoms with Gasteiger partial charge in [-0.2, -0.15) is 10.2 Å². The van der Waals surface area contributed by atoms with Crippen LogP contribution in [0.4, 0.5) is 23.1 Å². The summed E-state index contributed by atoms with van der Waals surface area (Å²) >= 11 is 0. The van der Waals surface area contributed by atoms with Crippen LogP contribution in [0.15, 0.2) is 24.4 Å². The van der Waals surface area contributed by atoms with Crippen LogP contribution in [0.3, 0.4) is 0 Å². The molecule has 196 valence electrons. The van der Waals surface area contributed by atoms with Crippen molar-refractivity contribution in [3.63, 3.8) is 0 Å². The number of aromatic nitrogens is 2. The fourth-order valence-corrected chi connectivity index (χ4v) is 5.50. The van der Waals surface area contributed by atoms with Crippen LogP contribution >= 0.6 is 0 Å². The average Bonchev–Trinajstić information content (AvgIpc) is 3.40. The number of esters is 1. The van der Waals surface area contributed by atoms with E-state index in [9.17, 15) is 10.1 Å². The molecule has 0 amide bonds. The zero-order valence-electron chi connectivity index (χ0n) is 21.5. The minimum atomic E-state index is -0.272. The standard InChI is InChI=1S/C27H36N8O2/c1-2-19-15-21(35-13-12-34-11-4-5-22(34)18-35)7-8-23(19)32-27-31-17-20(16-28)25(33-27)30-9-3-6-24-26(36)37-14-10-29-24/h7-8,15,17,22,24,29H,2-6,9-14,18H2,1H3,(H2,30,31,32,33)/t22-,24-/m1/s1. The Balaban J connectivity index is 1.22. The van der Waals surface area contributed by atoms with Crippen LogP contribution in [-0.2, 0) is 16.0 Å². The van der Waals surface area contributed by atoms with Crippen LogP contribution in [0.1, 0.15) is 43.7 Å². The van der Waals surface area contributed by atoms with Gasteiger partial charge in [0.1, 0.15) is 30.1 Å². The minimum Gasteiger partial charge on any atom is -0.463 e. The second-order valence-corrected chi connectivity index (χ2v) is 9.91. The van der Waals surface area contributed by atoms with Gasteiger partial charge in [-0.1, -0.05) is 6.92 Å². The molecule has 10 heteroatoms. The van der Waals surface area contributed by atoms with E-state index in [0.29, 0.717) is 49.5 Å². The van der Waals surface area contributed by atoms with Crippen molar-refractivity contribution in [2.45, 2.75) is 51.1 Å². The summed E-state index contributed by atoms with van der Waals surface area (Å²) in [7, 11) is 0. The molecule has 0 aliphatic carbocycles. The summed E-state index contributed by atoms with van der Waals surface area (Å²) in [4.78, 5) is 25.9. The molecule has 3 fully saturated rings. The molecule has 0 saturated carbocycles. The van der Waals surface area contributed by atoms with E-state index >= 15 is 0 Å². The Hall–Kier alpha value is -3.42. The highest BCUT2D eigenvalue weighted by Gasteiger charge is 2.30. The van der Waals surface area contributed by atoms with Crippen LogP contribution < -0.4 is 20.9 Å². The van der Waals surface area contributed by atoms with Crippen molar-refractivity contribution < 1.29 is 9.53 Å². The third kappa shape index (κ3) is 5.95. The van der Waals surface area contributed by atoms with Crippen LogP contribution in [-0.4, -0.2) is 78.8 Å². The highest BCUT2D eigenvalue weighted by Crippen LogP contribution is 2.30. The predicted octanol–water partition coefficient (Wildman–Crippen LogP) is 2.65. The summed E-state index contributed by atoms with van der Waals surface area (Å²) in [6.07, 6.45) is 6.44. The van der Waals surface area contributed by atoms with Crippen LogP contribution in [0, 0.1) is 11.3 Å². The molecule has 2 atom stereocenters. The normalized spacial score (nSPS) is 21.7. The minimum absolute atomic E-state index is 0.198. The molecule has 3 saturated heterocycles. The highest BCUT2D eigenvalue weighted by molar-refractivity contribution is 5.76. The molecule has 5 rings (SSSR count). The number of hydrogen-bond donors (Lipinski definition) is 3. The fourth-order valence-electron chi connectivity index (χ4n) is 5.50. The van der Waals surface area contributed by atoms with Gasteiger partial charge < -0.3 is 25.6 Å². The van der Waals surface area contributed by atoms with Crippen molar-refractivity contribution in [2.75, 3.05) is 61.4 Å². The quantitative estimate of drug-likeness (QED) is 0.347. The molecule has 10 nitrogen and oxygen atoms in total. The molecule has 3 aliphatic heterocycles. The van der Waals surface area contributed by atoms with Gasteiger partial charge in [-0.3, -0.25) is 9.69 Å². The van der Waals surface area contributed by atoms with Gasteiger partial charge in [-0.15, -0.1) is 0 Å². The van der Waals surface area contributed by atoms with Gasteiger partial charge in [0.15, 0.2) is 0 Å². The number of benzene rings is 1. The smallest absolute Gasteiger partial charge is 0.323 e. The number of fused-ring (bicyclic) bond motifs is 1. The highest BCUT2D eigenvalue weighted by atomic mass is 16.5. The van der Waals surface area contributed by atoms with E-state index in [1.165, 1.54) is 30.6 Å². The molecule has 3 aliphatic rings. The van der Waals surface area contributed by atoms with Gasteiger partial charge in [0.05, 0.1) is 6.20 Å². The molecule has 37 heavy (non-hydrogen) atoms. The van der Waals surface area contributed by atoms with E-state index in [0.717, 1.165) is 38.2 Å². The van der Waals surface area contributed by atoms with E-state index in [2.05, 4.69) is 66.9 Å². The lowest BCUT2D eigenvalue weighted by atomic mass is 10.1. The Labute approximate surface area is 218 Å². The number of carbonyl (C=O) groups is 1. The second kappa shape index (κ2) is 11.8. The number of morpholine rings is 1. The zero-order chi connectivity index (χ0) is 25.6. The summed E-state index contributed by atoms with van der Waals surface area (Å²) in [5.74, 6) is 0.736. The van der Waals surface area contributed by atoms with Crippen molar-refractivity contribution >= 4 is 29.1 Å². The van der Waals surface area contributed by atoms with Crippen molar-refractivity contribution in [2.24, 2.45) is 0 Å². The van der Waals surface area contributed by atoms with Crippen molar-refractivity contribution in [3.05, 3.63) is 35.5 Å². The van der Waals surface area contributed by atoms with E-state index in [1.807, 2.05) is 0 Å².